The van der Waals surface area contributed by atoms with Crippen LogP contribution in [-0.2, 0) is 0 Å². The van der Waals surface area contributed by atoms with Crippen molar-refractivity contribution in [2.24, 2.45) is 0 Å². The SMILES string of the molecule is O=C(Nc1cnccn1)N1CCNCC1. The minimum absolute atomic E-state index is 0.114. The van der Waals surface area contributed by atoms with E-state index in [9.17, 15) is 4.79 Å². The molecular formula is C9H13N5O. The summed E-state index contributed by atoms with van der Waals surface area (Å²) in [5.41, 5.74) is 0. The second-order valence-corrected chi connectivity index (χ2v) is 3.26. The molecule has 2 N–H and O–H groups in total. The van der Waals surface area contributed by atoms with Gasteiger partial charge < -0.3 is 10.2 Å². The fourth-order valence-electron chi connectivity index (χ4n) is 1.42. The fraction of sp³-hybridized carbons (Fsp3) is 0.444. The van der Waals surface area contributed by atoms with Crippen molar-refractivity contribution in [3.05, 3.63) is 18.6 Å². The summed E-state index contributed by atoms with van der Waals surface area (Å²) in [7, 11) is 0. The second kappa shape index (κ2) is 4.70. The standard InChI is InChI=1S/C9H13N5O/c15-9(14-5-3-10-4-6-14)13-8-7-11-1-2-12-8/h1-2,7,10H,3-6H2,(H,12,13,15). The van der Waals surface area contributed by atoms with Crippen molar-refractivity contribution in [2.75, 3.05) is 31.5 Å². The molecule has 0 saturated carbocycles. The van der Waals surface area contributed by atoms with Crippen LogP contribution in [-0.4, -0.2) is 47.1 Å². The molecule has 0 unspecified atom stereocenters. The minimum Gasteiger partial charge on any atom is -0.322 e. The van der Waals surface area contributed by atoms with E-state index in [4.69, 9.17) is 0 Å². The Morgan fingerprint density at radius 3 is 2.87 bits per heavy atom. The number of hydrogen-bond acceptors (Lipinski definition) is 4. The first kappa shape index (κ1) is 9.85. The predicted octanol–water partition coefficient (Wildman–Crippen LogP) is -0.0863. The highest BCUT2D eigenvalue weighted by atomic mass is 16.2. The Kier molecular flexibility index (Phi) is 3.08. The lowest BCUT2D eigenvalue weighted by molar-refractivity contribution is 0.204. The van der Waals surface area contributed by atoms with Crippen molar-refractivity contribution in [3.8, 4) is 0 Å². The molecule has 0 radical (unpaired) electrons. The number of aromatic nitrogens is 2. The summed E-state index contributed by atoms with van der Waals surface area (Å²) in [5, 5.41) is 5.88. The molecule has 1 saturated heterocycles. The van der Waals surface area contributed by atoms with Gasteiger partial charge in [-0.15, -0.1) is 0 Å². The molecule has 6 nitrogen and oxygen atoms in total. The Morgan fingerprint density at radius 1 is 1.40 bits per heavy atom. The monoisotopic (exact) mass is 207 g/mol. The molecule has 1 aromatic heterocycles. The van der Waals surface area contributed by atoms with Gasteiger partial charge in [-0.2, -0.15) is 0 Å². The maximum atomic E-state index is 11.7. The average molecular weight is 207 g/mol. The summed E-state index contributed by atoms with van der Waals surface area (Å²) in [5.74, 6) is 0.487. The number of urea groups is 1. The number of rotatable bonds is 1. The number of piperazine rings is 1. The molecule has 2 heterocycles. The number of nitrogens with zero attached hydrogens (tertiary/aromatic N) is 3. The maximum Gasteiger partial charge on any atom is 0.323 e. The molecule has 2 rings (SSSR count). The van der Waals surface area contributed by atoms with Gasteiger partial charge in [0.05, 0.1) is 6.20 Å². The zero-order valence-electron chi connectivity index (χ0n) is 8.31. The van der Waals surface area contributed by atoms with Gasteiger partial charge in [-0.3, -0.25) is 10.3 Å². The lowest BCUT2D eigenvalue weighted by Gasteiger charge is -2.27. The molecule has 2 amide bonds. The number of carbonyl (C=O) groups excluding carboxylic acids is 1. The highest BCUT2D eigenvalue weighted by molar-refractivity contribution is 5.88. The number of carbonyl (C=O) groups is 1. The number of nitrogens with one attached hydrogen (secondary N) is 2. The van der Waals surface area contributed by atoms with Crippen LogP contribution in [0.1, 0.15) is 0 Å². The first-order valence-corrected chi connectivity index (χ1v) is 4.89. The van der Waals surface area contributed by atoms with Gasteiger partial charge in [0.1, 0.15) is 0 Å². The summed E-state index contributed by atoms with van der Waals surface area (Å²) in [6.07, 6.45) is 4.65. The van der Waals surface area contributed by atoms with Gasteiger partial charge in [0.15, 0.2) is 5.82 Å². The first-order valence-electron chi connectivity index (χ1n) is 4.89. The molecule has 80 valence electrons. The Balaban J connectivity index is 1.91. The van der Waals surface area contributed by atoms with Gasteiger partial charge in [-0.25, -0.2) is 9.78 Å². The largest absolute Gasteiger partial charge is 0.323 e. The summed E-state index contributed by atoms with van der Waals surface area (Å²) in [6.45, 7) is 3.14. The molecule has 0 aromatic carbocycles. The molecule has 0 bridgehead atoms. The van der Waals surface area contributed by atoms with E-state index in [2.05, 4.69) is 20.6 Å². The van der Waals surface area contributed by atoms with Gasteiger partial charge in [0.2, 0.25) is 0 Å². The van der Waals surface area contributed by atoms with E-state index in [0.29, 0.717) is 5.82 Å². The second-order valence-electron chi connectivity index (χ2n) is 3.26. The quantitative estimate of drug-likeness (QED) is 0.675. The normalized spacial score (nSPS) is 16.1. The predicted molar refractivity (Wildman–Crippen MR) is 55.5 cm³/mol. The third-order valence-corrected chi connectivity index (χ3v) is 2.20. The van der Waals surface area contributed by atoms with E-state index in [-0.39, 0.29) is 6.03 Å². The molecule has 0 atom stereocenters. The molecule has 1 aliphatic heterocycles. The molecule has 1 fully saturated rings. The number of hydrogen-bond donors (Lipinski definition) is 2. The van der Waals surface area contributed by atoms with Gasteiger partial charge in [-0.1, -0.05) is 0 Å². The Labute approximate surface area is 87.7 Å². The van der Waals surface area contributed by atoms with Crippen LogP contribution in [0.2, 0.25) is 0 Å². The van der Waals surface area contributed by atoms with Crippen molar-refractivity contribution in [1.82, 2.24) is 20.2 Å². The van der Waals surface area contributed by atoms with Crippen molar-refractivity contribution in [2.45, 2.75) is 0 Å². The molecule has 0 aliphatic carbocycles. The summed E-state index contributed by atoms with van der Waals surface area (Å²) < 4.78 is 0. The Bertz CT molecular complexity index is 323. The number of amides is 2. The number of anilines is 1. The minimum atomic E-state index is -0.114. The van der Waals surface area contributed by atoms with E-state index >= 15 is 0 Å². The fourth-order valence-corrected chi connectivity index (χ4v) is 1.42. The van der Waals surface area contributed by atoms with Crippen molar-refractivity contribution < 1.29 is 4.79 Å². The molecule has 0 spiro atoms. The highest BCUT2D eigenvalue weighted by Crippen LogP contribution is 2.01. The maximum absolute atomic E-state index is 11.7. The molecule has 15 heavy (non-hydrogen) atoms. The van der Waals surface area contributed by atoms with Crippen LogP contribution in [0, 0.1) is 0 Å². The van der Waals surface area contributed by atoms with Crippen LogP contribution in [0.5, 0.6) is 0 Å². The van der Waals surface area contributed by atoms with E-state index in [1.807, 2.05) is 0 Å². The van der Waals surface area contributed by atoms with Crippen molar-refractivity contribution >= 4 is 11.8 Å². The lowest BCUT2D eigenvalue weighted by atomic mass is 10.4. The van der Waals surface area contributed by atoms with E-state index in [1.54, 1.807) is 17.3 Å². The van der Waals surface area contributed by atoms with E-state index in [1.165, 1.54) is 6.20 Å². The third kappa shape index (κ3) is 2.63. The molecule has 1 aromatic rings. The first-order chi connectivity index (χ1) is 7.36. The topological polar surface area (TPSA) is 70.2 Å². The summed E-state index contributed by atoms with van der Waals surface area (Å²) in [4.78, 5) is 21.3. The van der Waals surface area contributed by atoms with Gasteiger partial charge in [0.25, 0.3) is 0 Å². The summed E-state index contributed by atoms with van der Waals surface area (Å²) >= 11 is 0. The van der Waals surface area contributed by atoms with Gasteiger partial charge in [0, 0.05) is 38.6 Å². The molecule has 6 heteroatoms. The van der Waals surface area contributed by atoms with Crippen LogP contribution in [0.3, 0.4) is 0 Å². The zero-order chi connectivity index (χ0) is 10.5. The van der Waals surface area contributed by atoms with Crippen molar-refractivity contribution in [3.63, 3.8) is 0 Å². The smallest absolute Gasteiger partial charge is 0.322 e. The van der Waals surface area contributed by atoms with Crippen LogP contribution < -0.4 is 10.6 Å². The van der Waals surface area contributed by atoms with Crippen LogP contribution in [0.15, 0.2) is 18.6 Å². The molecule has 1 aliphatic rings. The van der Waals surface area contributed by atoms with Crippen LogP contribution in [0.25, 0.3) is 0 Å². The van der Waals surface area contributed by atoms with Gasteiger partial charge >= 0.3 is 6.03 Å². The lowest BCUT2D eigenvalue weighted by Crippen LogP contribution is -2.48. The Hall–Kier alpha value is -1.69. The van der Waals surface area contributed by atoms with Crippen LogP contribution >= 0.6 is 0 Å². The Morgan fingerprint density at radius 2 is 2.20 bits per heavy atom. The van der Waals surface area contributed by atoms with E-state index < -0.39 is 0 Å². The van der Waals surface area contributed by atoms with Crippen molar-refractivity contribution in [1.29, 1.82) is 0 Å². The zero-order valence-corrected chi connectivity index (χ0v) is 8.31. The molecular weight excluding hydrogens is 194 g/mol. The highest BCUT2D eigenvalue weighted by Gasteiger charge is 2.15. The average Bonchev–Trinajstić information content (AvgIpc) is 2.31. The summed E-state index contributed by atoms with van der Waals surface area (Å²) in [6, 6.07) is -0.114. The van der Waals surface area contributed by atoms with Crippen LogP contribution in [0.4, 0.5) is 10.6 Å². The van der Waals surface area contributed by atoms with E-state index in [0.717, 1.165) is 26.2 Å². The van der Waals surface area contributed by atoms with Gasteiger partial charge in [-0.05, 0) is 0 Å². The third-order valence-electron chi connectivity index (χ3n) is 2.20.